The van der Waals surface area contributed by atoms with Crippen LogP contribution in [0, 0.1) is 12.7 Å². The van der Waals surface area contributed by atoms with Crippen molar-refractivity contribution in [3.8, 4) is 5.75 Å². The smallest absolute Gasteiger partial charge is 0.242 e. The number of amides is 2. The molecule has 1 saturated heterocycles. The summed E-state index contributed by atoms with van der Waals surface area (Å²) in [5.74, 6) is -0.217. The maximum atomic E-state index is 15.5. The first-order valence-electron chi connectivity index (χ1n) is 13.8. The van der Waals surface area contributed by atoms with Crippen molar-refractivity contribution < 1.29 is 28.2 Å². The molecule has 0 aliphatic carbocycles. The Morgan fingerprint density at radius 1 is 1.25 bits per heavy atom. The molecule has 2 aromatic rings. The van der Waals surface area contributed by atoms with Crippen molar-refractivity contribution in [2.24, 2.45) is 0 Å². The molecule has 1 fully saturated rings. The van der Waals surface area contributed by atoms with Gasteiger partial charge in [0.1, 0.15) is 23.9 Å². The number of morpholine rings is 1. The largest absolute Gasteiger partial charge is 0.501 e. The molecule has 2 amide bonds. The van der Waals surface area contributed by atoms with Crippen molar-refractivity contribution in [3.05, 3.63) is 64.5 Å². The van der Waals surface area contributed by atoms with Crippen molar-refractivity contribution in [2.45, 2.75) is 70.4 Å². The highest BCUT2D eigenvalue weighted by atomic mass is 19.1. The highest BCUT2D eigenvalue weighted by molar-refractivity contribution is 6.39. The van der Waals surface area contributed by atoms with Crippen LogP contribution in [0.15, 0.2) is 36.4 Å². The first-order valence-corrected chi connectivity index (χ1v) is 13.8. The van der Waals surface area contributed by atoms with Gasteiger partial charge in [0, 0.05) is 44.2 Å². The number of halogens is 1. The highest BCUT2D eigenvalue weighted by Crippen LogP contribution is 2.31. The van der Waals surface area contributed by atoms with Gasteiger partial charge < -0.3 is 24.5 Å². The van der Waals surface area contributed by atoms with Gasteiger partial charge in [-0.1, -0.05) is 24.3 Å². The molecule has 3 unspecified atom stereocenters. The van der Waals surface area contributed by atoms with Crippen molar-refractivity contribution in [3.63, 3.8) is 0 Å². The molecule has 3 atom stereocenters. The van der Waals surface area contributed by atoms with E-state index >= 15 is 4.39 Å². The number of hydrogen-bond acceptors (Lipinski definition) is 6. The maximum absolute atomic E-state index is 15.5. The van der Waals surface area contributed by atoms with Gasteiger partial charge in [0.2, 0.25) is 12.3 Å². The lowest BCUT2D eigenvalue weighted by molar-refractivity contribution is -0.133. The second-order valence-corrected chi connectivity index (χ2v) is 11.1. The molecule has 40 heavy (non-hydrogen) atoms. The summed E-state index contributed by atoms with van der Waals surface area (Å²) in [5.41, 5.74) is 2.85. The van der Waals surface area contributed by atoms with Crippen molar-refractivity contribution in [1.29, 1.82) is 0 Å². The number of benzene rings is 2. The van der Waals surface area contributed by atoms with Crippen LogP contribution in [0.25, 0.3) is 0 Å². The minimum atomic E-state index is -1.03. The van der Waals surface area contributed by atoms with E-state index in [2.05, 4.69) is 10.2 Å². The van der Waals surface area contributed by atoms with Crippen molar-refractivity contribution in [1.82, 2.24) is 15.1 Å². The van der Waals surface area contributed by atoms with E-state index in [9.17, 15) is 14.4 Å². The van der Waals surface area contributed by atoms with E-state index in [1.54, 1.807) is 33.9 Å². The van der Waals surface area contributed by atoms with Gasteiger partial charge in [-0.05, 0) is 50.5 Å². The standard InChI is InChI=1S/C29H40B2FN3O5/c1-19-7-5-9-27(23(19)17-35(18-37)26(8-6-12-36)28(38)33-4)40-29(30,31)24-11-10-22(13-25(24)32)16-34-14-20(2)39-21(3)15-34/h5,7,9-13,18,20-21,26H,6,8,14-17,30-31H2,1-4H3,(H,33,38). The van der Waals surface area contributed by atoms with E-state index in [0.717, 1.165) is 30.5 Å². The van der Waals surface area contributed by atoms with Gasteiger partial charge in [-0.15, -0.1) is 0 Å². The Balaban J connectivity index is 1.83. The van der Waals surface area contributed by atoms with Crippen LogP contribution in [-0.4, -0.2) is 82.5 Å². The van der Waals surface area contributed by atoms with Crippen molar-refractivity contribution in [2.75, 3.05) is 20.1 Å². The molecule has 2 aromatic carbocycles. The highest BCUT2D eigenvalue weighted by Gasteiger charge is 2.30. The van der Waals surface area contributed by atoms with Gasteiger partial charge >= 0.3 is 0 Å². The first kappa shape index (κ1) is 31.4. The Kier molecular flexibility index (Phi) is 10.9. The molecule has 0 aromatic heterocycles. The summed E-state index contributed by atoms with van der Waals surface area (Å²) in [4.78, 5) is 39.2. The Labute approximate surface area is 238 Å². The number of rotatable bonds is 13. The second-order valence-electron chi connectivity index (χ2n) is 11.1. The minimum Gasteiger partial charge on any atom is -0.501 e. The number of likely N-dealkylation sites (N-methyl/N-ethyl adjacent to an activating group) is 1. The average Bonchev–Trinajstić information content (AvgIpc) is 2.88. The molecule has 214 valence electrons. The molecule has 1 aliphatic heterocycles. The van der Waals surface area contributed by atoms with Gasteiger partial charge in [-0.3, -0.25) is 14.5 Å². The van der Waals surface area contributed by atoms with Crippen LogP contribution >= 0.6 is 0 Å². The second kappa shape index (κ2) is 13.9. The molecule has 0 saturated carbocycles. The summed E-state index contributed by atoms with van der Waals surface area (Å²) >= 11 is 0. The van der Waals surface area contributed by atoms with Gasteiger partial charge in [-0.25, -0.2) is 4.39 Å². The zero-order valence-electron chi connectivity index (χ0n) is 24.4. The number of aldehydes is 1. The molecular formula is C29H40B2FN3O5. The number of nitrogens with one attached hydrogen (secondary N) is 1. The molecule has 8 nitrogen and oxygen atoms in total. The van der Waals surface area contributed by atoms with Gasteiger partial charge in [0.25, 0.3) is 0 Å². The molecule has 0 spiro atoms. The summed E-state index contributed by atoms with van der Waals surface area (Å²) in [6.45, 7) is 8.31. The Bertz CT molecular complexity index is 1190. The number of carbonyl (C=O) groups excluding carboxylic acids is 3. The SMILES string of the molecule is BC(B)(Oc1cccc(C)c1CN(C=O)C(CCC=O)C(=O)NC)c1ccc(CN2CC(C)OC(C)C2)cc1F. The van der Waals surface area contributed by atoms with E-state index in [1.807, 2.05) is 39.0 Å². The van der Waals surface area contributed by atoms with E-state index < -0.39 is 11.4 Å². The topological polar surface area (TPSA) is 88.2 Å². The molecule has 1 heterocycles. The Morgan fingerprint density at radius 3 is 2.55 bits per heavy atom. The molecule has 3 rings (SSSR count). The zero-order valence-corrected chi connectivity index (χ0v) is 24.4. The van der Waals surface area contributed by atoms with E-state index in [1.165, 1.54) is 11.9 Å². The summed E-state index contributed by atoms with van der Waals surface area (Å²) in [5, 5.41) is 1.54. The van der Waals surface area contributed by atoms with Crippen LogP contribution in [0.2, 0.25) is 0 Å². The molecule has 1 N–H and O–H groups in total. The summed E-state index contributed by atoms with van der Waals surface area (Å²) in [7, 11) is 5.10. The fourth-order valence-corrected chi connectivity index (χ4v) is 5.36. The van der Waals surface area contributed by atoms with E-state index in [-0.39, 0.29) is 43.3 Å². The lowest BCUT2D eigenvalue weighted by Crippen LogP contribution is -2.45. The third-order valence-corrected chi connectivity index (χ3v) is 7.30. The lowest BCUT2D eigenvalue weighted by Gasteiger charge is -2.35. The van der Waals surface area contributed by atoms with Crippen LogP contribution in [0.3, 0.4) is 0 Å². The maximum Gasteiger partial charge on any atom is 0.242 e. The summed E-state index contributed by atoms with van der Waals surface area (Å²) in [6.07, 6.45) is 1.96. The lowest BCUT2D eigenvalue weighted by atomic mass is 9.61. The Hall–Kier alpha value is -3.17. The molecule has 0 bridgehead atoms. The molecule has 11 heteroatoms. The monoisotopic (exact) mass is 551 g/mol. The fourth-order valence-electron chi connectivity index (χ4n) is 5.36. The molecular weight excluding hydrogens is 511 g/mol. The van der Waals surface area contributed by atoms with E-state index in [0.29, 0.717) is 29.8 Å². The predicted molar refractivity (Wildman–Crippen MR) is 157 cm³/mol. The predicted octanol–water partition coefficient (Wildman–Crippen LogP) is 1.25. The third kappa shape index (κ3) is 7.95. The van der Waals surface area contributed by atoms with Crippen LogP contribution < -0.4 is 10.1 Å². The van der Waals surface area contributed by atoms with Gasteiger partial charge in [0.05, 0.1) is 24.2 Å². The fraction of sp³-hybridized carbons (Fsp3) is 0.483. The number of hydrogen-bond donors (Lipinski definition) is 1. The average molecular weight is 551 g/mol. The van der Waals surface area contributed by atoms with Crippen molar-refractivity contribution >= 4 is 34.3 Å². The van der Waals surface area contributed by atoms with E-state index in [4.69, 9.17) is 9.47 Å². The van der Waals surface area contributed by atoms with Crippen LogP contribution in [-0.2, 0) is 37.6 Å². The quantitative estimate of drug-likeness (QED) is 0.298. The third-order valence-electron chi connectivity index (χ3n) is 7.30. The summed E-state index contributed by atoms with van der Waals surface area (Å²) in [6, 6.07) is 9.96. The number of carbonyl (C=O) groups is 3. The number of nitrogens with zero attached hydrogens (tertiary/aromatic N) is 2. The number of ether oxygens (including phenoxy) is 2. The zero-order chi connectivity index (χ0) is 29.4. The van der Waals surface area contributed by atoms with Gasteiger partial charge in [0.15, 0.2) is 15.7 Å². The minimum absolute atomic E-state index is 0.0936. The normalized spacial score (nSPS) is 18.5. The van der Waals surface area contributed by atoms with Crippen LogP contribution in [0.5, 0.6) is 5.75 Å². The van der Waals surface area contributed by atoms with Crippen LogP contribution in [0.4, 0.5) is 4.39 Å². The molecule has 0 radical (unpaired) electrons. The number of aryl methyl sites for hydroxylation is 1. The first-order chi connectivity index (χ1) is 19.0. The van der Waals surface area contributed by atoms with Gasteiger partial charge in [-0.2, -0.15) is 0 Å². The Morgan fingerprint density at radius 2 is 1.95 bits per heavy atom. The van der Waals surface area contributed by atoms with Crippen LogP contribution in [0.1, 0.15) is 48.9 Å². The molecule has 1 aliphatic rings. The summed E-state index contributed by atoms with van der Waals surface area (Å²) < 4.78 is 27.7.